The van der Waals surface area contributed by atoms with Gasteiger partial charge in [0.15, 0.2) is 0 Å². The van der Waals surface area contributed by atoms with Crippen molar-refractivity contribution < 1.29 is 4.79 Å². The quantitative estimate of drug-likeness (QED) is 0.738. The SMILES string of the molecule is N#Cc1ccc([C@H]2CC[C@H](C3(C=O)CCCCC3)CC2)cc1. The first-order chi connectivity index (χ1) is 10.8. The summed E-state index contributed by atoms with van der Waals surface area (Å²) in [6.07, 6.45) is 12.0. The zero-order valence-corrected chi connectivity index (χ0v) is 13.3. The monoisotopic (exact) mass is 295 g/mol. The maximum Gasteiger partial charge on any atom is 0.126 e. The minimum atomic E-state index is -0.00607. The van der Waals surface area contributed by atoms with Crippen molar-refractivity contribution in [1.82, 2.24) is 0 Å². The van der Waals surface area contributed by atoms with E-state index in [1.807, 2.05) is 12.1 Å². The fourth-order valence-corrected chi connectivity index (χ4v) is 4.66. The average Bonchev–Trinajstić information content (AvgIpc) is 2.62. The van der Waals surface area contributed by atoms with Crippen LogP contribution in [0.2, 0.25) is 0 Å². The summed E-state index contributed by atoms with van der Waals surface area (Å²) in [4.78, 5) is 11.8. The van der Waals surface area contributed by atoms with Gasteiger partial charge in [0, 0.05) is 5.41 Å². The number of aldehydes is 1. The lowest BCUT2D eigenvalue weighted by atomic mass is 9.61. The Bertz CT molecular complexity index is 540. The molecule has 0 atom stereocenters. The molecule has 0 heterocycles. The molecule has 0 bridgehead atoms. The number of nitrogens with zero attached hydrogens (tertiary/aromatic N) is 1. The zero-order valence-electron chi connectivity index (χ0n) is 13.3. The molecule has 2 heteroatoms. The van der Waals surface area contributed by atoms with Gasteiger partial charge in [-0.15, -0.1) is 0 Å². The molecule has 2 saturated carbocycles. The van der Waals surface area contributed by atoms with Crippen LogP contribution in [0, 0.1) is 22.7 Å². The van der Waals surface area contributed by atoms with Gasteiger partial charge in [-0.25, -0.2) is 0 Å². The Morgan fingerprint density at radius 1 is 1.00 bits per heavy atom. The first-order valence-corrected chi connectivity index (χ1v) is 8.74. The third-order valence-electron chi connectivity index (χ3n) is 6.07. The molecular weight excluding hydrogens is 270 g/mol. The fraction of sp³-hybridized carbons (Fsp3) is 0.600. The summed E-state index contributed by atoms with van der Waals surface area (Å²) in [6.45, 7) is 0. The van der Waals surface area contributed by atoms with E-state index in [1.165, 1.54) is 56.8 Å². The largest absolute Gasteiger partial charge is 0.303 e. The second kappa shape index (κ2) is 6.65. The van der Waals surface area contributed by atoms with Crippen LogP contribution in [-0.4, -0.2) is 6.29 Å². The molecule has 2 aliphatic rings. The van der Waals surface area contributed by atoms with E-state index in [0.717, 1.165) is 18.4 Å². The van der Waals surface area contributed by atoms with Crippen LogP contribution in [0.3, 0.4) is 0 Å². The third kappa shape index (κ3) is 2.95. The van der Waals surface area contributed by atoms with Crippen LogP contribution in [0.15, 0.2) is 24.3 Å². The van der Waals surface area contributed by atoms with Gasteiger partial charge < -0.3 is 4.79 Å². The minimum absolute atomic E-state index is 0.00607. The van der Waals surface area contributed by atoms with Crippen LogP contribution in [0.4, 0.5) is 0 Å². The second-order valence-electron chi connectivity index (χ2n) is 7.19. The van der Waals surface area contributed by atoms with Gasteiger partial charge in [0.1, 0.15) is 6.29 Å². The van der Waals surface area contributed by atoms with E-state index in [1.54, 1.807) is 0 Å². The number of benzene rings is 1. The predicted octanol–water partition coefficient (Wildman–Crippen LogP) is 4.98. The van der Waals surface area contributed by atoms with Crippen molar-refractivity contribution in [2.45, 2.75) is 63.7 Å². The van der Waals surface area contributed by atoms with Crippen molar-refractivity contribution in [3.05, 3.63) is 35.4 Å². The summed E-state index contributed by atoms with van der Waals surface area (Å²) < 4.78 is 0. The van der Waals surface area contributed by atoms with Crippen LogP contribution in [0.1, 0.15) is 74.8 Å². The molecule has 0 saturated heterocycles. The highest BCUT2D eigenvalue weighted by atomic mass is 16.1. The first kappa shape index (κ1) is 15.3. The second-order valence-corrected chi connectivity index (χ2v) is 7.19. The Morgan fingerprint density at radius 2 is 1.64 bits per heavy atom. The Kier molecular flexibility index (Phi) is 4.62. The summed E-state index contributed by atoms with van der Waals surface area (Å²) in [5.41, 5.74) is 2.09. The molecule has 0 aromatic heterocycles. The highest BCUT2D eigenvalue weighted by molar-refractivity contribution is 5.60. The number of carbonyl (C=O) groups excluding carboxylic acids is 1. The maximum atomic E-state index is 11.8. The molecular formula is C20H25NO. The summed E-state index contributed by atoms with van der Waals surface area (Å²) in [7, 11) is 0. The molecule has 0 amide bonds. The molecule has 0 radical (unpaired) electrons. The summed E-state index contributed by atoms with van der Waals surface area (Å²) in [6, 6.07) is 10.3. The minimum Gasteiger partial charge on any atom is -0.303 e. The van der Waals surface area contributed by atoms with Crippen molar-refractivity contribution in [3.63, 3.8) is 0 Å². The van der Waals surface area contributed by atoms with Crippen LogP contribution in [0.25, 0.3) is 0 Å². The highest BCUT2D eigenvalue weighted by Gasteiger charge is 2.41. The molecule has 0 N–H and O–H groups in total. The smallest absolute Gasteiger partial charge is 0.126 e. The van der Waals surface area contributed by atoms with Crippen molar-refractivity contribution in [3.8, 4) is 6.07 Å². The number of rotatable bonds is 3. The van der Waals surface area contributed by atoms with Crippen LogP contribution in [0.5, 0.6) is 0 Å². The van der Waals surface area contributed by atoms with Crippen LogP contribution >= 0.6 is 0 Å². The summed E-state index contributed by atoms with van der Waals surface area (Å²) >= 11 is 0. The molecule has 0 aliphatic heterocycles. The van der Waals surface area contributed by atoms with Crippen LogP contribution < -0.4 is 0 Å². The van der Waals surface area contributed by atoms with Gasteiger partial charge in [-0.3, -0.25) is 0 Å². The number of hydrogen-bond donors (Lipinski definition) is 0. The van der Waals surface area contributed by atoms with Gasteiger partial charge in [-0.2, -0.15) is 5.26 Å². The third-order valence-corrected chi connectivity index (χ3v) is 6.07. The Hall–Kier alpha value is -1.62. The molecule has 2 fully saturated rings. The van der Waals surface area contributed by atoms with Gasteiger partial charge in [-0.05, 0) is 68.1 Å². The Balaban J connectivity index is 1.64. The number of hydrogen-bond acceptors (Lipinski definition) is 2. The van der Waals surface area contributed by atoms with Crippen molar-refractivity contribution in [2.24, 2.45) is 11.3 Å². The lowest BCUT2D eigenvalue weighted by Gasteiger charge is -2.43. The molecule has 0 unspecified atom stereocenters. The van der Waals surface area contributed by atoms with E-state index in [0.29, 0.717) is 11.8 Å². The fourth-order valence-electron chi connectivity index (χ4n) is 4.66. The van der Waals surface area contributed by atoms with Gasteiger partial charge in [0.2, 0.25) is 0 Å². The van der Waals surface area contributed by atoms with Crippen molar-refractivity contribution in [2.75, 3.05) is 0 Å². The van der Waals surface area contributed by atoms with E-state index < -0.39 is 0 Å². The van der Waals surface area contributed by atoms with E-state index in [-0.39, 0.29) is 5.41 Å². The molecule has 2 nitrogen and oxygen atoms in total. The highest BCUT2D eigenvalue weighted by Crippen LogP contribution is 2.49. The first-order valence-electron chi connectivity index (χ1n) is 8.74. The van der Waals surface area contributed by atoms with Gasteiger partial charge in [-0.1, -0.05) is 31.4 Å². The van der Waals surface area contributed by atoms with Gasteiger partial charge in [0.25, 0.3) is 0 Å². The normalized spacial score (nSPS) is 27.8. The zero-order chi connectivity index (χ0) is 15.4. The molecule has 0 spiro atoms. The number of carbonyl (C=O) groups is 1. The van der Waals surface area contributed by atoms with E-state index in [2.05, 4.69) is 18.2 Å². The topological polar surface area (TPSA) is 40.9 Å². The average molecular weight is 295 g/mol. The van der Waals surface area contributed by atoms with Crippen LogP contribution in [-0.2, 0) is 4.79 Å². The molecule has 1 aromatic rings. The lowest BCUT2D eigenvalue weighted by molar-refractivity contribution is -0.122. The number of nitriles is 1. The molecule has 3 rings (SSSR count). The standard InChI is InChI=1S/C20H25NO/c21-14-16-4-6-17(7-5-16)18-8-10-19(11-9-18)20(15-22)12-2-1-3-13-20/h4-7,15,18-19H,1-3,8-13H2/t18-,19-. The Labute approximate surface area is 133 Å². The predicted molar refractivity (Wildman–Crippen MR) is 87.4 cm³/mol. The summed E-state index contributed by atoms with van der Waals surface area (Å²) in [5, 5.41) is 8.89. The maximum absolute atomic E-state index is 11.8. The van der Waals surface area contributed by atoms with E-state index in [4.69, 9.17) is 5.26 Å². The van der Waals surface area contributed by atoms with Crippen molar-refractivity contribution >= 4 is 6.29 Å². The van der Waals surface area contributed by atoms with E-state index in [9.17, 15) is 4.79 Å². The molecule has 116 valence electrons. The Morgan fingerprint density at radius 3 is 2.18 bits per heavy atom. The lowest BCUT2D eigenvalue weighted by Crippen LogP contribution is -2.36. The van der Waals surface area contributed by atoms with E-state index >= 15 is 0 Å². The molecule has 2 aliphatic carbocycles. The van der Waals surface area contributed by atoms with Gasteiger partial charge >= 0.3 is 0 Å². The molecule has 1 aromatic carbocycles. The molecule has 22 heavy (non-hydrogen) atoms. The van der Waals surface area contributed by atoms with Crippen molar-refractivity contribution in [1.29, 1.82) is 5.26 Å². The summed E-state index contributed by atoms with van der Waals surface area (Å²) in [5.74, 6) is 1.20. The van der Waals surface area contributed by atoms with Gasteiger partial charge in [0.05, 0.1) is 11.6 Å².